The Balaban J connectivity index is 0.000000322. The van der Waals surface area contributed by atoms with E-state index < -0.39 is 24.9 Å². The number of hydrogen-bond donors (Lipinski definition) is 5. The summed E-state index contributed by atoms with van der Waals surface area (Å²) >= 11 is 0. The first kappa shape index (κ1) is 13.7. The molecule has 0 aromatic carbocycles. The Bertz CT molecular complexity index is 226. The van der Waals surface area contributed by atoms with Gasteiger partial charge in [-0.1, -0.05) is 0 Å². The average molecular weight is 219 g/mol. The maximum atomic E-state index is 9.76. The van der Waals surface area contributed by atoms with E-state index >= 15 is 0 Å². The molecule has 0 radical (unpaired) electrons. The van der Waals surface area contributed by atoms with Crippen LogP contribution in [0.4, 0.5) is 0 Å². The van der Waals surface area contributed by atoms with E-state index in [1.54, 1.807) is 12.4 Å². The molecule has 1 aromatic rings. The smallest absolute Gasteiger partial charge is 0.151 e. The van der Waals surface area contributed by atoms with E-state index in [-0.39, 0.29) is 6.29 Å². The molecule has 8 heteroatoms. The molecule has 0 saturated carbocycles. The topological polar surface area (TPSA) is 140 Å². The number of aldehydes is 1. The largest absolute Gasteiger partial charge is 0.394 e. The number of carbonyl (C=O) groups excluding carboxylic acids is 1. The van der Waals surface area contributed by atoms with Gasteiger partial charge in [-0.15, -0.1) is 0 Å². The Morgan fingerprint density at radius 1 is 1.27 bits per heavy atom. The third-order valence-electron chi connectivity index (χ3n) is 1.40. The Morgan fingerprint density at radius 3 is 2.07 bits per heavy atom. The first-order chi connectivity index (χ1) is 7.13. The number of hydrogen-bond acceptors (Lipinski definition) is 7. The number of nitrogens with zero attached hydrogens (tertiary/aromatic N) is 2. The maximum Gasteiger partial charge on any atom is 0.151 e. The number of aromatic amines is 1. The minimum Gasteiger partial charge on any atom is -0.394 e. The summed E-state index contributed by atoms with van der Waals surface area (Å²) in [4.78, 5) is 9.76. The summed E-state index contributed by atoms with van der Waals surface area (Å²) in [7, 11) is 0. The fourth-order valence-corrected chi connectivity index (χ4v) is 0.583. The zero-order valence-electron chi connectivity index (χ0n) is 7.76. The molecule has 0 saturated heterocycles. The lowest BCUT2D eigenvalue weighted by Gasteiger charge is -2.16. The summed E-state index contributed by atoms with van der Waals surface area (Å²) in [6, 6.07) is 0. The highest BCUT2D eigenvalue weighted by molar-refractivity contribution is 5.56. The summed E-state index contributed by atoms with van der Waals surface area (Å²) in [5.74, 6) is 0. The molecule has 1 aromatic heterocycles. The van der Waals surface area contributed by atoms with Crippen LogP contribution in [-0.4, -0.2) is 67.0 Å². The van der Waals surface area contributed by atoms with Crippen LogP contribution >= 0.6 is 0 Å². The van der Waals surface area contributed by atoms with Crippen molar-refractivity contribution in [3.8, 4) is 0 Å². The minimum absolute atomic E-state index is 0.0869. The van der Waals surface area contributed by atoms with Crippen molar-refractivity contribution in [2.24, 2.45) is 0 Å². The van der Waals surface area contributed by atoms with Crippen molar-refractivity contribution in [1.29, 1.82) is 0 Å². The lowest BCUT2D eigenvalue weighted by molar-refractivity contribution is -0.127. The number of nitrogens with one attached hydrogen (secondary N) is 1. The number of carbonyl (C=O) groups is 1. The van der Waals surface area contributed by atoms with E-state index in [0.29, 0.717) is 0 Å². The highest BCUT2D eigenvalue weighted by atomic mass is 16.4. The number of aliphatic hydroxyl groups is 4. The highest BCUT2D eigenvalue weighted by Crippen LogP contribution is 1.96. The van der Waals surface area contributed by atoms with E-state index in [4.69, 9.17) is 20.4 Å². The standard InChI is InChI=1S/C5H10O5.C2H3N3/c6-1-3(8)5(10)4(9)2-7;1-2-4-5-3-1/h1,3-5,7-10H,2H2;1-2H,(H,3,4,5). The molecule has 0 fully saturated rings. The summed E-state index contributed by atoms with van der Waals surface area (Å²) in [5, 5.41) is 43.4. The van der Waals surface area contributed by atoms with Gasteiger partial charge in [-0.3, -0.25) is 0 Å². The van der Waals surface area contributed by atoms with Crippen LogP contribution in [0.15, 0.2) is 12.4 Å². The SMILES string of the molecule is O=CC(O)C(O)C(O)CO.c1cn[nH]n1. The van der Waals surface area contributed by atoms with E-state index in [1.807, 2.05) is 0 Å². The van der Waals surface area contributed by atoms with Crippen LogP contribution in [0.3, 0.4) is 0 Å². The third kappa shape index (κ3) is 5.86. The first-order valence-electron chi connectivity index (χ1n) is 4.03. The van der Waals surface area contributed by atoms with Crippen LogP contribution in [0.2, 0.25) is 0 Å². The summed E-state index contributed by atoms with van der Waals surface area (Å²) in [6.07, 6.45) is -1.46. The molecule has 8 nitrogen and oxygen atoms in total. The predicted octanol–water partition coefficient (Wildman–Crippen LogP) is -2.94. The number of H-pyrrole nitrogens is 1. The molecule has 86 valence electrons. The normalized spacial score (nSPS) is 15.7. The van der Waals surface area contributed by atoms with E-state index in [0.717, 1.165) is 0 Å². The van der Waals surface area contributed by atoms with Crippen molar-refractivity contribution >= 4 is 6.29 Å². The second-order valence-corrected chi connectivity index (χ2v) is 2.52. The van der Waals surface area contributed by atoms with E-state index in [9.17, 15) is 4.79 Å². The molecule has 0 aliphatic carbocycles. The van der Waals surface area contributed by atoms with E-state index in [1.165, 1.54) is 0 Å². The van der Waals surface area contributed by atoms with Crippen molar-refractivity contribution < 1.29 is 25.2 Å². The summed E-state index contributed by atoms with van der Waals surface area (Å²) in [5.41, 5.74) is 0. The number of rotatable bonds is 4. The highest BCUT2D eigenvalue weighted by Gasteiger charge is 2.22. The second kappa shape index (κ2) is 8.00. The molecule has 3 atom stereocenters. The van der Waals surface area contributed by atoms with Gasteiger partial charge in [-0.25, -0.2) is 0 Å². The van der Waals surface area contributed by atoms with Crippen LogP contribution in [0.5, 0.6) is 0 Å². The maximum absolute atomic E-state index is 9.76. The van der Waals surface area contributed by atoms with Gasteiger partial charge in [0.05, 0.1) is 19.0 Å². The van der Waals surface area contributed by atoms with Gasteiger partial charge < -0.3 is 25.2 Å². The quantitative estimate of drug-likeness (QED) is 0.341. The predicted molar refractivity (Wildman–Crippen MR) is 47.6 cm³/mol. The van der Waals surface area contributed by atoms with Gasteiger partial charge in [0.15, 0.2) is 6.29 Å². The van der Waals surface area contributed by atoms with Crippen molar-refractivity contribution in [2.75, 3.05) is 6.61 Å². The molecule has 5 N–H and O–H groups in total. The van der Waals surface area contributed by atoms with Gasteiger partial charge in [0, 0.05) is 0 Å². The Kier molecular flexibility index (Phi) is 7.28. The molecule has 0 aliphatic rings. The van der Waals surface area contributed by atoms with Gasteiger partial charge in [-0.05, 0) is 0 Å². The van der Waals surface area contributed by atoms with Crippen molar-refractivity contribution in [1.82, 2.24) is 15.4 Å². The first-order valence-corrected chi connectivity index (χ1v) is 4.03. The summed E-state index contributed by atoms with van der Waals surface area (Å²) < 4.78 is 0. The van der Waals surface area contributed by atoms with E-state index in [2.05, 4.69) is 15.4 Å². The monoisotopic (exact) mass is 219 g/mol. The van der Waals surface area contributed by atoms with Crippen LogP contribution in [0.25, 0.3) is 0 Å². The molecule has 1 rings (SSSR count). The van der Waals surface area contributed by atoms with Gasteiger partial charge >= 0.3 is 0 Å². The third-order valence-corrected chi connectivity index (χ3v) is 1.40. The van der Waals surface area contributed by atoms with Gasteiger partial charge in [-0.2, -0.15) is 15.4 Å². The fourth-order valence-electron chi connectivity index (χ4n) is 0.583. The average Bonchev–Trinajstić information content (AvgIpc) is 2.84. The van der Waals surface area contributed by atoms with Crippen LogP contribution in [-0.2, 0) is 4.79 Å². The van der Waals surface area contributed by atoms with Gasteiger partial charge in [0.25, 0.3) is 0 Å². The summed E-state index contributed by atoms with van der Waals surface area (Å²) in [6.45, 7) is -0.688. The Labute approximate surface area is 85.2 Å². The molecule has 0 bridgehead atoms. The zero-order valence-corrected chi connectivity index (χ0v) is 7.76. The second-order valence-electron chi connectivity index (χ2n) is 2.52. The molecule has 3 unspecified atom stereocenters. The zero-order chi connectivity index (χ0) is 11.7. The van der Waals surface area contributed by atoms with Crippen LogP contribution < -0.4 is 0 Å². The molecule has 1 heterocycles. The minimum atomic E-state index is -1.64. The number of aromatic nitrogens is 3. The molecular formula is C7H13N3O5. The molecule has 15 heavy (non-hydrogen) atoms. The molecule has 0 spiro atoms. The van der Waals surface area contributed by atoms with Crippen molar-refractivity contribution in [3.05, 3.63) is 12.4 Å². The Hall–Kier alpha value is -1.35. The number of aliphatic hydroxyl groups excluding tert-OH is 4. The molecule has 0 aliphatic heterocycles. The van der Waals surface area contributed by atoms with Crippen molar-refractivity contribution in [2.45, 2.75) is 18.3 Å². The van der Waals surface area contributed by atoms with Gasteiger partial charge in [0.2, 0.25) is 0 Å². The van der Waals surface area contributed by atoms with Crippen LogP contribution in [0.1, 0.15) is 0 Å². The van der Waals surface area contributed by atoms with Crippen LogP contribution in [0, 0.1) is 0 Å². The van der Waals surface area contributed by atoms with Gasteiger partial charge in [0.1, 0.15) is 18.3 Å². The van der Waals surface area contributed by atoms with Crippen molar-refractivity contribution in [3.63, 3.8) is 0 Å². The lowest BCUT2D eigenvalue weighted by atomic mass is 10.1. The Morgan fingerprint density at radius 2 is 1.80 bits per heavy atom. The fraction of sp³-hybridized carbons (Fsp3) is 0.571. The molecule has 0 amide bonds. The molecular weight excluding hydrogens is 206 g/mol. The lowest BCUT2D eigenvalue weighted by Crippen LogP contribution is -2.40.